The second kappa shape index (κ2) is 4.90. The van der Waals surface area contributed by atoms with Crippen molar-refractivity contribution in [3.05, 3.63) is 52.6 Å². The SMILES string of the molecule is Cc1n(C(C)C)c2c([n+]1C(C)C)C(=O)c1ccccc1C2=O. The van der Waals surface area contributed by atoms with Crippen LogP contribution < -0.4 is 4.57 Å². The Labute approximate surface area is 130 Å². The van der Waals surface area contributed by atoms with Crippen LogP contribution in [0.4, 0.5) is 0 Å². The number of carbonyl (C=O) groups is 2. The second-order valence-electron chi connectivity index (χ2n) is 6.38. The zero-order chi connectivity index (χ0) is 16.2. The molecule has 0 radical (unpaired) electrons. The summed E-state index contributed by atoms with van der Waals surface area (Å²) in [6.07, 6.45) is 0. The zero-order valence-corrected chi connectivity index (χ0v) is 13.7. The van der Waals surface area contributed by atoms with Crippen molar-refractivity contribution in [2.75, 3.05) is 0 Å². The standard InChI is InChI=1S/C18H21N2O2/c1-10(2)19-12(5)20(11(3)4)16-15(19)17(21)13-8-6-7-9-14(13)18(16)22/h6-11H,1-5H3/q+1. The molecule has 1 aromatic heterocycles. The molecule has 0 amide bonds. The van der Waals surface area contributed by atoms with Crippen LogP contribution in [0.3, 0.4) is 0 Å². The molecule has 4 nitrogen and oxygen atoms in total. The molecule has 0 spiro atoms. The van der Waals surface area contributed by atoms with E-state index in [1.165, 1.54) is 0 Å². The van der Waals surface area contributed by atoms with Crippen LogP contribution in [-0.2, 0) is 0 Å². The van der Waals surface area contributed by atoms with Gasteiger partial charge in [0.1, 0.15) is 0 Å². The lowest BCUT2D eigenvalue weighted by Crippen LogP contribution is -2.45. The van der Waals surface area contributed by atoms with Gasteiger partial charge in [-0.2, -0.15) is 0 Å². The highest BCUT2D eigenvalue weighted by molar-refractivity contribution is 6.26. The third kappa shape index (κ3) is 1.79. The molecule has 0 aliphatic heterocycles. The monoisotopic (exact) mass is 297 g/mol. The fourth-order valence-corrected chi connectivity index (χ4v) is 3.50. The lowest BCUT2D eigenvalue weighted by Gasteiger charge is -2.14. The quantitative estimate of drug-likeness (QED) is 0.682. The van der Waals surface area contributed by atoms with E-state index < -0.39 is 0 Å². The van der Waals surface area contributed by atoms with Gasteiger partial charge in [0, 0.05) is 18.1 Å². The Morgan fingerprint density at radius 3 is 2.00 bits per heavy atom. The van der Waals surface area contributed by atoms with E-state index in [9.17, 15) is 9.59 Å². The van der Waals surface area contributed by atoms with E-state index in [-0.39, 0.29) is 23.7 Å². The van der Waals surface area contributed by atoms with Gasteiger partial charge in [-0.1, -0.05) is 24.3 Å². The molecule has 3 rings (SSSR count). The van der Waals surface area contributed by atoms with E-state index in [0.29, 0.717) is 22.5 Å². The molecule has 0 saturated heterocycles. The summed E-state index contributed by atoms with van der Waals surface area (Å²) in [4.78, 5) is 26.0. The zero-order valence-electron chi connectivity index (χ0n) is 13.7. The lowest BCUT2D eigenvalue weighted by atomic mass is 9.89. The van der Waals surface area contributed by atoms with Crippen molar-refractivity contribution in [1.29, 1.82) is 0 Å². The van der Waals surface area contributed by atoms with Crippen molar-refractivity contribution in [3.63, 3.8) is 0 Å². The smallest absolute Gasteiger partial charge is 0.254 e. The van der Waals surface area contributed by atoms with Crippen molar-refractivity contribution in [2.24, 2.45) is 0 Å². The Bertz CT molecular complexity index is 733. The van der Waals surface area contributed by atoms with E-state index in [0.717, 1.165) is 5.82 Å². The largest absolute Gasteiger partial charge is 0.284 e. The van der Waals surface area contributed by atoms with Gasteiger partial charge in [0.25, 0.3) is 5.82 Å². The summed E-state index contributed by atoms with van der Waals surface area (Å²) in [5.41, 5.74) is 2.08. The Morgan fingerprint density at radius 2 is 1.50 bits per heavy atom. The number of rotatable bonds is 2. The highest BCUT2D eigenvalue weighted by Gasteiger charge is 2.44. The minimum Gasteiger partial charge on any atom is -0.284 e. The summed E-state index contributed by atoms with van der Waals surface area (Å²) >= 11 is 0. The van der Waals surface area contributed by atoms with Crippen LogP contribution >= 0.6 is 0 Å². The molecule has 0 N–H and O–H groups in total. The molecule has 114 valence electrons. The first-order valence-corrected chi connectivity index (χ1v) is 7.71. The van der Waals surface area contributed by atoms with Crippen LogP contribution in [0.25, 0.3) is 0 Å². The van der Waals surface area contributed by atoms with Gasteiger partial charge in [0.2, 0.25) is 23.0 Å². The van der Waals surface area contributed by atoms with Gasteiger partial charge in [0.15, 0.2) is 0 Å². The van der Waals surface area contributed by atoms with Gasteiger partial charge in [-0.15, -0.1) is 0 Å². The Balaban J connectivity index is 2.42. The van der Waals surface area contributed by atoms with Crippen molar-refractivity contribution in [2.45, 2.75) is 46.7 Å². The molecule has 1 aliphatic rings. The molecule has 4 heteroatoms. The normalized spacial score (nSPS) is 13.8. The fraction of sp³-hybridized carbons (Fsp3) is 0.389. The van der Waals surface area contributed by atoms with Crippen LogP contribution in [0.2, 0.25) is 0 Å². The van der Waals surface area contributed by atoms with Crippen LogP contribution in [0, 0.1) is 6.92 Å². The van der Waals surface area contributed by atoms with Gasteiger partial charge in [-0.3, -0.25) is 9.59 Å². The number of imidazole rings is 1. The van der Waals surface area contributed by atoms with E-state index in [4.69, 9.17) is 0 Å². The van der Waals surface area contributed by atoms with Gasteiger partial charge in [-0.25, -0.2) is 9.13 Å². The molecule has 0 fully saturated rings. The van der Waals surface area contributed by atoms with Crippen LogP contribution in [-0.4, -0.2) is 16.1 Å². The molecule has 22 heavy (non-hydrogen) atoms. The summed E-state index contributed by atoms with van der Waals surface area (Å²) in [5.74, 6) is 0.840. The summed E-state index contributed by atoms with van der Waals surface area (Å²) < 4.78 is 3.98. The van der Waals surface area contributed by atoms with Crippen molar-refractivity contribution < 1.29 is 14.2 Å². The van der Waals surface area contributed by atoms with E-state index in [2.05, 4.69) is 0 Å². The topological polar surface area (TPSA) is 43.0 Å². The molecule has 1 aliphatic carbocycles. The summed E-state index contributed by atoms with van der Waals surface area (Å²) in [6, 6.07) is 7.34. The first kappa shape index (κ1) is 14.7. The fourth-order valence-electron chi connectivity index (χ4n) is 3.50. The van der Waals surface area contributed by atoms with Crippen LogP contribution in [0.1, 0.15) is 77.7 Å². The number of hydrogen-bond acceptors (Lipinski definition) is 2. The van der Waals surface area contributed by atoms with Crippen molar-refractivity contribution >= 4 is 11.6 Å². The molecular formula is C18H21N2O2+. The summed E-state index contributed by atoms with van der Waals surface area (Å²) in [7, 11) is 0. The number of nitrogens with zero attached hydrogens (tertiary/aromatic N) is 2. The molecule has 0 atom stereocenters. The predicted octanol–water partition coefficient (Wildman–Crippen LogP) is 3.02. The van der Waals surface area contributed by atoms with Crippen LogP contribution in [0.15, 0.2) is 24.3 Å². The summed E-state index contributed by atoms with van der Waals surface area (Å²) in [5, 5.41) is 0. The minimum atomic E-state index is -0.0543. The first-order chi connectivity index (χ1) is 10.4. The van der Waals surface area contributed by atoms with Crippen molar-refractivity contribution in [1.82, 2.24) is 4.57 Å². The Kier molecular flexibility index (Phi) is 3.28. The average Bonchev–Trinajstić information content (AvgIpc) is 2.78. The maximum absolute atomic E-state index is 13.0. The molecule has 0 unspecified atom stereocenters. The molecule has 1 heterocycles. The van der Waals surface area contributed by atoms with E-state index in [1.807, 2.05) is 43.8 Å². The number of carbonyl (C=O) groups excluding carboxylic acids is 2. The highest BCUT2D eigenvalue weighted by atomic mass is 16.1. The lowest BCUT2D eigenvalue weighted by molar-refractivity contribution is -0.723. The van der Waals surface area contributed by atoms with Gasteiger partial charge >= 0.3 is 0 Å². The third-order valence-electron chi connectivity index (χ3n) is 4.28. The molecule has 0 saturated carbocycles. The number of hydrogen-bond donors (Lipinski definition) is 0. The van der Waals surface area contributed by atoms with E-state index >= 15 is 0 Å². The van der Waals surface area contributed by atoms with E-state index in [1.54, 1.807) is 24.3 Å². The highest BCUT2D eigenvalue weighted by Crippen LogP contribution is 2.29. The number of fused-ring (bicyclic) bond motifs is 2. The third-order valence-corrected chi connectivity index (χ3v) is 4.28. The minimum absolute atomic E-state index is 0.0543. The summed E-state index contributed by atoms with van der Waals surface area (Å²) in [6.45, 7) is 10.1. The molecule has 0 bridgehead atoms. The molecule has 2 aromatic rings. The van der Waals surface area contributed by atoms with Crippen molar-refractivity contribution in [3.8, 4) is 0 Å². The maximum Gasteiger partial charge on any atom is 0.254 e. The maximum atomic E-state index is 13.0. The predicted molar refractivity (Wildman–Crippen MR) is 83.4 cm³/mol. The Hall–Kier alpha value is -2.23. The van der Waals surface area contributed by atoms with Gasteiger partial charge in [0.05, 0.1) is 12.1 Å². The number of aromatic nitrogens is 2. The number of benzene rings is 1. The Morgan fingerprint density at radius 1 is 0.955 bits per heavy atom. The molecular weight excluding hydrogens is 276 g/mol. The van der Waals surface area contributed by atoms with Gasteiger partial charge < -0.3 is 0 Å². The first-order valence-electron chi connectivity index (χ1n) is 7.71. The molecule has 1 aromatic carbocycles. The number of ketones is 2. The van der Waals surface area contributed by atoms with Gasteiger partial charge in [-0.05, 0) is 27.7 Å². The second-order valence-corrected chi connectivity index (χ2v) is 6.38. The average molecular weight is 297 g/mol. The van der Waals surface area contributed by atoms with Crippen LogP contribution in [0.5, 0.6) is 0 Å².